The first-order valence-corrected chi connectivity index (χ1v) is 6.87. The first kappa shape index (κ1) is 16.8. The van der Waals surface area contributed by atoms with E-state index < -0.39 is 18.5 Å². The van der Waals surface area contributed by atoms with Crippen LogP contribution in [-0.4, -0.2) is 30.7 Å². The molecule has 7 nitrogen and oxygen atoms in total. The van der Waals surface area contributed by atoms with Gasteiger partial charge in [0.25, 0.3) is 5.91 Å². The number of anilines is 1. The maximum Gasteiger partial charge on any atom is 0.342 e. The Morgan fingerprint density at radius 2 is 1.92 bits per heavy atom. The largest absolute Gasteiger partial charge is 0.507 e. The lowest BCUT2D eigenvalue weighted by molar-refractivity contribution is -0.119. The van der Waals surface area contributed by atoms with Gasteiger partial charge in [-0.3, -0.25) is 4.79 Å². The van der Waals surface area contributed by atoms with Crippen molar-refractivity contribution in [3.8, 4) is 17.6 Å². The summed E-state index contributed by atoms with van der Waals surface area (Å²) >= 11 is 0. The van der Waals surface area contributed by atoms with E-state index in [4.69, 9.17) is 14.7 Å². The number of ether oxygens (including phenoxy) is 2. The maximum absolute atomic E-state index is 11.9. The number of carbonyl (C=O) groups is 2. The summed E-state index contributed by atoms with van der Waals surface area (Å²) in [7, 11) is 1.43. The van der Waals surface area contributed by atoms with Crippen LogP contribution < -0.4 is 10.1 Å². The topological polar surface area (TPSA) is 109 Å². The van der Waals surface area contributed by atoms with Crippen molar-refractivity contribution < 1.29 is 24.2 Å². The van der Waals surface area contributed by atoms with Gasteiger partial charge in [-0.1, -0.05) is 0 Å². The average Bonchev–Trinajstić information content (AvgIpc) is 2.60. The van der Waals surface area contributed by atoms with E-state index in [1.54, 1.807) is 24.3 Å². The van der Waals surface area contributed by atoms with E-state index >= 15 is 0 Å². The summed E-state index contributed by atoms with van der Waals surface area (Å²) in [6.45, 7) is -0.510. The zero-order valence-corrected chi connectivity index (χ0v) is 12.8. The van der Waals surface area contributed by atoms with E-state index in [-0.39, 0.29) is 11.3 Å². The number of benzene rings is 2. The van der Waals surface area contributed by atoms with E-state index in [1.807, 2.05) is 6.07 Å². The third-order valence-electron chi connectivity index (χ3n) is 3.06. The number of amides is 1. The monoisotopic (exact) mass is 326 g/mol. The van der Waals surface area contributed by atoms with Gasteiger partial charge in [-0.25, -0.2) is 4.79 Å². The molecule has 2 aromatic rings. The lowest BCUT2D eigenvalue weighted by Gasteiger charge is -2.08. The molecule has 0 aliphatic rings. The third-order valence-corrected chi connectivity index (χ3v) is 3.06. The van der Waals surface area contributed by atoms with Crippen molar-refractivity contribution in [2.45, 2.75) is 0 Å². The van der Waals surface area contributed by atoms with Crippen molar-refractivity contribution in [1.82, 2.24) is 0 Å². The van der Waals surface area contributed by atoms with Crippen LogP contribution in [0.3, 0.4) is 0 Å². The number of rotatable bonds is 5. The van der Waals surface area contributed by atoms with E-state index in [1.165, 1.54) is 25.3 Å². The molecule has 0 heterocycles. The number of nitriles is 1. The van der Waals surface area contributed by atoms with Crippen molar-refractivity contribution in [3.05, 3.63) is 53.6 Å². The lowest BCUT2D eigenvalue weighted by Crippen LogP contribution is -2.21. The van der Waals surface area contributed by atoms with Gasteiger partial charge in [-0.05, 0) is 36.4 Å². The van der Waals surface area contributed by atoms with E-state index in [0.717, 1.165) is 0 Å². The van der Waals surface area contributed by atoms with Crippen LogP contribution in [0.5, 0.6) is 11.5 Å². The van der Waals surface area contributed by atoms with Gasteiger partial charge in [-0.15, -0.1) is 0 Å². The molecule has 122 valence electrons. The molecule has 0 spiro atoms. The number of phenolic OH excluding ortho intramolecular Hbond substituents is 1. The second-order valence-electron chi connectivity index (χ2n) is 4.70. The summed E-state index contributed by atoms with van der Waals surface area (Å²) in [5.74, 6) is -1.28. The first-order chi connectivity index (χ1) is 11.5. The maximum atomic E-state index is 11.9. The number of phenols is 1. The molecule has 0 unspecified atom stereocenters. The number of carbonyl (C=O) groups excluding carboxylic acids is 2. The third kappa shape index (κ3) is 4.24. The molecule has 24 heavy (non-hydrogen) atoms. The highest BCUT2D eigenvalue weighted by atomic mass is 16.5. The molecular weight excluding hydrogens is 312 g/mol. The molecule has 0 bridgehead atoms. The van der Waals surface area contributed by atoms with Gasteiger partial charge in [0.05, 0.1) is 18.7 Å². The molecular formula is C17H14N2O5. The Hall–Kier alpha value is -3.53. The van der Waals surface area contributed by atoms with Crippen LogP contribution in [-0.2, 0) is 9.53 Å². The highest BCUT2D eigenvalue weighted by Crippen LogP contribution is 2.23. The number of esters is 1. The molecule has 0 aliphatic heterocycles. The fourth-order valence-corrected chi connectivity index (χ4v) is 1.85. The van der Waals surface area contributed by atoms with E-state index in [2.05, 4.69) is 5.32 Å². The van der Waals surface area contributed by atoms with E-state index in [9.17, 15) is 14.7 Å². The molecule has 2 N–H and O–H groups in total. The Morgan fingerprint density at radius 1 is 1.21 bits per heavy atom. The standard InChI is InChI=1S/C17H14N2O5/c1-23-13-6-7-14(15(20)8-13)17(22)24-10-16(21)19-12-4-2-11(9-18)3-5-12/h2-8,20H,10H2,1H3,(H,19,21). The lowest BCUT2D eigenvalue weighted by atomic mass is 10.2. The Labute approximate surface area is 138 Å². The van der Waals surface area contributed by atoms with Gasteiger partial charge in [0.2, 0.25) is 0 Å². The van der Waals surface area contributed by atoms with Crippen LogP contribution in [0.25, 0.3) is 0 Å². The van der Waals surface area contributed by atoms with Crippen LogP contribution in [0.4, 0.5) is 5.69 Å². The van der Waals surface area contributed by atoms with Crippen molar-refractivity contribution in [2.24, 2.45) is 0 Å². The summed E-state index contributed by atoms with van der Waals surface area (Å²) in [6, 6.07) is 12.3. The smallest absolute Gasteiger partial charge is 0.342 e. The Balaban J connectivity index is 1.91. The molecule has 0 aliphatic carbocycles. The summed E-state index contributed by atoms with van der Waals surface area (Å²) in [4.78, 5) is 23.6. The normalized spacial score (nSPS) is 9.67. The summed E-state index contributed by atoms with van der Waals surface area (Å²) in [5.41, 5.74) is 0.874. The molecule has 0 fully saturated rings. The number of hydrogen-bond acceptors (Lipinski definition) is 6. The van der Waals surface area contributed by atoms with Crippen LogP contribution in [0.15, 0.2) is 42.5 Å². The average molecular weight is 326 g/mol. The molecule has 7 heteroatoms. The molecule has 0 radical (unpaired) electrons. The molecule has 0 saturated carbocycles. The highest BCUT2D eigenvalue weighted by molar-refractivity contribution is 5.96. The first-order valence-electron chi connectivity index (χ1n) is 6.87. The van der Waals surface area contributed by atoms with Crippen LogP contribution in [0.2, 0.25) is 0 Å². The number of methoxy groups -OCH3 is 1. The van der Waals surface area contributed by atoms with Gasteiger partial charge >= 0.3 is 5.97 Å². The molecule has 2 rings (SSSR count). The fourth-order valence-electron chi connectivity index (χ4n) is 1.85. The summed E-state index contributed by atoms with van der Waals surface area (Å²) in [6.07, 6.45) is 0. The minimum absolute atomic E-state index is 0.0676. The minimum atomic E-state index is -0.829. The van der Waals surface area contributed by atoms with Crippen molar-refractivity contribution in [1.29, 1.82) is 5.26 Å². The Morgan fingerprint density at radius 3 is 2.50 bits per heavy atom. The zero-order chi connectivity index (χ0) is 17.5. The molecule has 0 aromatic heterocycles. The van der Waals surface area contributed by atoms with Crippen LogP contribution in [0.1, 0.15) is 15.9 Å². The zero-order valence-electron chi connectivity index (χ0n) is 12.8. The van der Waals surface area contributed by atoms with Gasteiger partial charge in [0.15, 0.2) is 6.61 Å². The number of hydrogen-bond donors (Lipinski definition) is 2. The number of nitrogens with zero attached hydrogens (tertiary/aromatic N) is 1. The SMILES string of the molecule is COc1ccc(C(=O)OCC(=O)Nc2ccc(C#N)cc2)c(O)c1. The quantitative estimate of drug-likeness (QED) is 0.814. The van der Waals surface area contributed by atoms with Crippen LogP contribution >= 0.6 is 0 Å². The second-order valence-corrected chi connectivity index (χ2v) is 4.70. The fraction of sp³-hybridized carbons (Fsp3) is 0.118. The molecule has 0 saturated heterocycles. The van der Waals surface area contributed by atoms with Gasteiger partial charge < -0.3 is 19.9 Å². The highest BCUT2D eigenvalue weighted by Gasteiger charge is 2.15. The summed E-state index contributed by atoms with van der Waals surface area (Å²) < 4.78 is 9.77. The van der Waals surface area contributed by atoms with E-state index in [0.29, 0.717) is 17.0 Å². The van der Waals surface area contributed by atoms with Crippen molar-refractivity contribution in [3.63, 3.8) is 0 Å². The number of nitrogens with one attached hydrogen (secondary N) is 1. The molecule has 1 amide bonds. The van der Waals surface area contributed by atoms with Gasteiger partial charge in [-0.2, -0.15) is 5.26 Å². The predicted octanol–water partition coefficient (Wildman–Crippen LogP) is 2.07. The van der Waals surface area contributed by atoms with Gasteiger partial charge in [0, 0.05) is 11.8 Å². The minimum Gasteiger partial charge on any atom is -0.507 e. The van der Waals surface area contributed by atoms with Crippen molar-refractivity contribution >= 4 is 17.6 Å². The van der Waals surface area contributed by atoms with Crippen molar-refractivity contribution in [2.75, 3.05) is 19.0 Å². The number of aromatic hydroxyl groups is 1. The molecule has 0 atom stereocenters. The van der Waals surface area contributed by atoms with Gasteiger partial charge in [0.1, 0.15) is 17.1 Å². The predicted molar refractivity (Wildman–Crippen MR) is 84.7 cm³/mol. The second kappa shape index (κ2) is 7.65. The molecule has 2 aromatic carbocycles. The summed E-state index contributed by atoms with van der Waals surface area (Å²) in [5, 5.41) is 21.0. The Bertz CT molecular complexity index is 794. The van der Waals surface area contributed by atoms with Crippen LogP contribution in [0, 0.1) is 11.3 Å². The Kier molecular flexibility index (Phi) is 5.36.